The highest BCUT2D eigenvalue weighted by atomic mass is 19.1. The molecule has 0 spiro atoms. The van der Waals surface area contributed by atoms with Gasteiger partial charge >= 0.3 is 0 Å². The van der Waals surface area contributed by atoms with Crippen LogP contribution in [-0.4, -0.2) is 27.0 Å². The van der Waals surface area contributed by atoms with Gasteiger partial charge in [-0.25, -0.2) is 4.39 Å². The molecule has 1 fully saturated rings. The second kappa shape index (κ2) is 7.45. The van der Waals surface area contributed by atoms with Gasteiger partial charge in [-0.1, -0.05) is 18.2 Å². The molecule has 3 nitrogen and oxygen atoms in total. The summed E-state index contributed by atoms with van der Waals surface area (Å²) in [5.74, 6) is -0.184. The second-order valence-corrected chi connectivity index (χ2v) is 8.85. The Balaban J connectivity index is 1.85. The van der Waals surface area contributed by atoms with Gasteiger partial charge in [0.25, 0.3) is 0 Å². The third-order valence-electron chi connectivity index (χ3n) is 5.09. The molecule has 1 aliphatic heterocycles. The molecule has 0 aliphatic carbocycles. The second-order valence-electron chi connectivity index (χ2n) is 8.85. The molecule has 3 rings (SSSR count). The molecule has 1 aromatic heterocycles. The molecule has 140 valence electrons. The lowest BCUT2D eigenvalue weighted by atomic mass is 9.79. The highest BCUT2D eigenvalue weighted by Gasteiger charge is 2.39. The SMILES string of the molecule is CC1(C)CC(N(Cc2ccc(F)cc2)Cc2cccnc2)CC(C)(C)N1. The van der Waals surface area contributed by atoms with Crippen molar-refractivity contribution in [2.75, 3.05) is 0 Å². The maximum atomic E-state index is 13.3. The van der Waals surface area contributed by atoms with Crippen LogP contribution in [0.5, 0.6) is 0 Å². The molecule has 2 aromatic rings. The van der Waals surface area contributed by atoms with Gasteiger partial charge in [0.15, 0.2) is 0 Å². The fourth-order valence-corrected chi connectivity index (χ4v) is 4.39. The summed E-state index contributed by atoms with van der Waals surface area (Å²) >= 11 is 0. The Morgan fingerprint density at radius 1 is 1.00 bits per heavy atom. The predicted octanol–water partition coefficient (Wildman–Crippen LogP) is 4.53. The first kappa shape index (κ1) is 19.0. The molecular weight excluding hydrogens is 325 g/mol. The zero-order valence-electron chi connectivity index (χ0n) is 16.3. The van der Waals surface area contributed by atoms with Gasteiger partial charge in [0.2, 0.25) is 0 Å². The summed E-state index contributed by atoms with van der Waals surface area (Å²) in [4.78, 5) is 6.79. The van der Waals surface area contributed by atoms with E-state index in [1.54, 1.807) is 12.1 Å². The molecule has 0 atom stereocenters. The number of hydrogen-bond donors (Lipinski definition) is 1. The van der Waals surface area contributed by atoms with Gasteiger partial charge in [0, 0.05) is 42.6 Å². The number of hydrogen-bond acceptors (Lipinski definition) is 3. The Labute approximate surface area is 156 Å². The number of rotatable bonds is 5. The highest BCUT2D eigenvalue weighted by Crippen LogP contribution is 2.33. The Bertz CT molecular complexity index is 694. The fraction of sp³-hybridized carbons (Fsp3) is 0.500. The molecule has 0 saturated carbocycles. The minimum absolute atomic E-state index is 0.0857. The largest absolute Gasteiger partial charge is 0.307 e. The van der Waals surface area contributed by atoms with Crippen LogP contribution in [0.3, 0.4) is 0 Å². The highest BCUT2D eigenvalue weighted by molar-refractivity contribution is 5.17. The summed E-state index contributed by atoms with van der Waals surface area (Å²) in [5.41, 5.74) is 2.53. The number of nitrogens with zero attached hydrogens (tertiary/aromatic N) is 2. The van der Waals surface area contributed by atoms with Crippen LogP contribution in [0.25, 0.3) is 0 Å². The average molecular weight is 356 g/mol. The normalized spacial score (nSPS) is 19.6. The maximum Gasteiger partial charge on any atom is 0.123 e. The molecule has 1 N–H and O–H groups in total. The van der Waals surface area contributed by atoms with Crippen molar-refractivity contribution in [2.24, 2.45) is 0 Å². The molecule has 1 aromatic carbocycles. The van der Waals surface area contributed by atoms with E-state index in [1.165, 1.54) is 5.56 Å². The van der Waals surface area contributed by atoms with Crippen molar-refractivity contribution in [3.63, 3.8) is 0 Å². The zero-order valence-corrected chi connectivity index (χ0v) is 16.3. The zero-order chi connectivity index (χ0) is 18.8. The van der Waals surface area contributed by atoms with E-state index in [2.05, 4.69) is 49.0 Å². The van der Waals surface area contributed by atoms with Crippen molar-refractivity contribution in [2.45, 2.75) is 70.7 Å². The third-order valence-corrected chi connectivity index (χ3v) is 5.09. The van der Waals surface area contributed by atoms with Crippen molar-refractivity contribution >= 4 is 0 Å². The Hall–Kier alpha value is -1.78. The molecule has 26 heavy (non-hydrogen) atoms. The molecule has 0 radical (unpaired) electrons. The predicted molar refractivity (Wildman–Crippen MR) is 104 cm³/mol. The smallest absolute Gasteiger partial charge is 0.123 e. The molecule has 0 amide bonds. The lowest BCUT2D eigenvalue weighted by Gasteiger charge is -2.49. The van der Waals surface area contributed by atoms with Crippen LogP contribution in [0.15, 0.2) is 48.8 Å². The lowest BCUT2D eigenvalue weighted by Crippen LogP contribution is -2.62. The molecule has 0 unspecified atom stereocenters. The summed E-state index contributed by atoms with van der Waals surface area (Å²) in [7, 11) is 0. The minimum atomic E-state index is -0.184. The number of benzene rings is 1. The number of pyridine rings is 1. The molecular formula is C22H30FN3. The number of aromatic nitrogens is 1. The Morgan fingerprint density at radius 3 is 2.19 bits per heavy atom. The van der Waals surface area contributed by atoms with Crippen molar-refractivity contribution in [1.29, 1.82) is 0 Å². The first-order chi connectivity index (χ1) is 12.2. The number of halogens is 1. The molecule has 1 saturated heterocycles. The lowest BCUT2D eigenvalue weighted by molar-refractivity contribution is 0.0563. The van der Waals surface area contributed by atoms with Gasteiger partial charge < -0.3 is 5.32 Å². The molecule has 0 bridgehead atoms. The van der Waals surface area contributed by atoms with E-state index in [4.69, 9.17) is 0 Å². The van der Waals surface area contributed by atoms with Crippen LogP contribution in [0.2, 0.25) is 0 Å². The van der Waals surface area contributed by atoms with Crippen LogP contribution in [0.1, 0.15) is 51.7 Å². The quantitative estimate of drug-likeness (QED) is 0.854. The van der Waals surface area contributed by atoms with Gasteiger partial charge in [0.1, 0.15) is 5.82 Å². The standard InChI is InChI=1S/C22H30FN3/c1-21(2)12-20(13-22(3,4)25-21)26(16-18-6-5-11-24-14-18)15-17-7-9-19(23)10-8-17/h5-11,14,20,25H,12-13,15-16H2,1-4H3. The molecule has 2 heterocycles. The average Bonchev–Trinajstić information content (AvgIpc) is 2.54. The number of nitrogens with one attached hydrogen (secondary N) is 1. The van der Waals surface area contributed by atoms with Crippen LogP contribution in [0.4, 0.5) is 4.39 Å². The maximum absolute atomic E-state index is 13.3. The summed E-state index contributed by atoms with van der Waals surface area (Å²) < 4.78 is 13.3. The van der Waals surface area contributed by atoms with Crippen molar-refractivity contribution in [3.05, 3.63) is 65.7 Å². The van der Waals surface area contributed by atoms with E-state index in [1.807, 2.05) is 30.6 Å². The van der Waals surface area contributed by atoms with E-state index in [9.17, 15) is 4.39 Å². The van der Waals surface area contributed by atoms with Crippen LogP contribution < -0.4 is 5.32 Å². The Kier molecular flexibility index (Phi) is 5.44. The van der Waals surface area contributed by atoms with E-state index in [0.29, 0.717) is 6.04 Å². The van der Waals surface area contributed by atoms with Gasteiger partial charge in [0.05, 0.1) is 0 Å². The first-order valence-electron chi connectivity index (χ1n) is 9.39. The summed E-state index contributed by atoms with van der Waals surface area (Å²) in [5, 5.41) is 3.76. The van der Waals surface area contributed by atoms with Gasteiger partial charge in [-0.3, -0.25) is 9.88 Å². The van der Waals surface area contributed by atoms with Gasteiger partial charge in [-0.2, -0.15) is 0 Å². The van der Waals surface area contributed by atoms with Crippen molar-refractivity contribution < 1.29 is 4.39 Å². The van der Waals surface area contributed by atoms with E-state index >= 15 is 0 Å². The summed E-state index contributed by atoms with van der Waals surface area (Å²) in [6.45, 7) is 10.8. The van der Waals surface area contributed by atoms with Crippen LogP contribution in [-0.2, 0) is 13.1 Å². The molecule has 4 heteroatoms. The van der Waals surface area contributed by atoms with Gasteiger partial charge in [-0.05, 0) is 69.9 Å². The van der Waals surface area contributed by atoms with Crippen LogP contribution >= 0.6 is 0 Å². The third kappa shape index (κ3) is 5.12. The summed E-state index contributed by atoms with van der Waals surface area (Å²) in [6.07, 6.45) is 5.91. The van der Waals surface area contributed by atoms with E-state index in [0.717, 1.165) is 31.5 Å². The summed E-state index contributed by atoms with van der Waals surface area (Å²) in [6, 6.07) is 11.4. The first-order valence-corrected chi connectivity index (χ1v) is 9.39. The Morgan fingerprint density at radius 2 is 1.62 bits per heavy atom. The van der Waals surface area contributed by atoms with Gasteiger partial charge in [-0.15, -0.1) is 0 Å². The van der Waals surface area contributed by atoms with Crippen molar-refractivity contribution in [3.8, 4) is 0 Å². The molecule has 1 aliphatic rings. The number of piperidine rings is 1. The fourth-order valence-electron chi connectivity index (χ4n) is 4.39. The van der Waals surface area contributed by atoms with Crippen molar-refractivity contribution in [1.82, 2.24) is 15.2 Å². The van der Waals surface area contributed by atoms with E-state index in [-0.39, 0.29) is 16.9 Å². The topological polar surface area (TPSA) is 28.2 Å². The van der Waals surface area contributed by atoms with Crippen LogP contribution in [0, 0.1) is 5.82 Å². The minimum Gasteiger partial charge on any atom is -0.307 e. The monoisotopic (exact) mass is 355 g/mol. The van der Waals surface area contributed by atoms with E-state index < -0.39 is 0 Å².